The van der Waals surface area contributed by atoms with Crippen LogP contribution in [-0.4, -0.2) is 22.2 Å². The number of hydrogen-bond acceptors (Lipinski definition) is 3. The zero-order valence-corrected chi connectivity index (χ0v) is 13.4. The van der Waals surface area contributed by atoms with Gasteiger partial charge in [0.25, 0.3) is 0 Å². The van der Waals surface area contributed by atoms with Crippen LogP contribution >= 0.6 is 0 Å². The lowest BCUT2D eigenvalue weighted by atomic mass is 10.1. The van der Waals surface area contributed by atoms with Crippen molar-refractivity contribution in [1.29, 1.82) is 0 Å². The van der Waals surface area contributed by atoms with Gasteiger partial charge in [0.15, 0.2) is 29.0 Å². The molecule has 0 aliphatic rings. The van der Waals surface area contributed by atoms with Crippen LogP contribution in [-0.2, 0) is 6.18 Å². The molecule has 0 atom stereocenters. The number of aromatic carboxylic acids is 2. The van der Waals surface area contributed by atoms with Gasteiger partial charge in [0.1, 0.15) is 16.7 Å². The summed E-state index contributed by atoms with van der Waals surface area (Å²) in [4.78, 5) is 21.8. The Hall–Kier alpha value is -3.52. The highest BCUT2D eigenvalue weighted by Gasteiger charge is 2.43. The van der Waals surface area contributed by atoms with Crippen molar-refractivity contribution < 1.29 is 68.4 Å². The lowest BCUT2D eigenvalue weighted by molar-refractivity contribution is -0.143. The molecule has 0 aliphatic carbocycles. The van der Waals surface area contributed by atoms with Crippen molar-refractivity contribution >= 4 is 11.9 Å². The van der Waals surface area contributed by atoms with Gasteiger partial charge in [0.2, 0.25) is 23.2 Å². The van der Waals surface area contributed by atoms with E-state index in [0.717, 1.165) is 0 Å². The predicted octanol–water partition coefficient (Wildman–Crippen LogP) is 4.87. The van der Waals surface area contributed by atoms with Crippen LogP contribution in [0.5, 0.6) is 11.5 Å². The molecule has 0 aliphatic heterocycles. The molecule has 5 nitrogen and oxygen atoms in total. The van der Waals surface area contributed by atoms with Crippen LogP contribution < -0.4 is 4.74 Å². The molecule has 0 fully saturated rings. The third kappa shape index (κ3) is 3.46. The van der Waals surface area contributed by atoms with Gasteiger partial charge in [-0.2, -0.15) is 26.3 Å². The number of benzene rings is 2. The largest absolute Gasteiger partial charge is 0.477 e. The van der Waals surface area contributed by atoms with Crippen molar-refractivity contribution in [2.24, 2.45) is 0 Å². The first-order valence-electron chi connectivity index (χ1n) is 6.90. The van der Waals surface area contributed by atoms with Gasteiger partial charge in [0, 0.05) is 0 Å². The number of ether oxygens (including phenoxy) is 1. The smallest absolute Gasteiger partial charge is 0.422 e. The van der Waals surface area contributed by atoms with E-state index in [1.165, 1.54) is 0 Å². The molecule has 15 heteroatoms. The zero-order chi connectivity index (χ0) is 23.3. The average Bonchev–Trinajstić information content (AvgIpc) is 2.59. The molecular weight excluding hydrogens is 450 g/mol. The van der Waals surface area contributed by atoms with Crippen molar-refractivity contribution in [3.8, 4) is 11.5 Å². The standard InChI is InChI=1S/C15H2F10O5/c16-4-1(13(26)27)5(17)8(20)11(2(4)14(28)29)30-12-9(21)6(18)3(15(23,24)25)7(19)10(12)22/h(H,26,27)(H,28,29). The van der Waals surface area contributed by atoms with E-state index in [1.807, 2.05) is 0 Å². The molecule has 0 saturated heterocycles. The fourth-order valence-electron chi connectivity index (χ4n) is 2.17. The van der Waals surface area contributed by atoms with Crippen molar-refractivity contribution in [3.05, 3.63) is 57.4 Å². The summed E-state index contributed by atoms with van der Waals surface area (Å²) < 4.78 is 138. The summed E-state index contributed by atoms with van der Waals surface area (Å²) in [5.74, 6) is -29.9. The highest BCUT2D eigenvalue weighted by Crippen LogP contribution is 2.42. The van der Waals surface area contributed by atoms with Gasteiger partial charge in [-0.15, -0.1) is 0 Å². The molecule has 30 heavy (non-hydrogen) atoms. The number of rotatable bonds is 4. The van der Waals surface area contributed by atoms with Crippen LogP contribution in [0.1, 0.15) is 26.3 Å². The lowest BCUT2D eigenvalue weighted by Gasteiger charge is -2.16. The van der Waals surface area contributed by atoms with Gasteiger partial charge in [-0.05, 0) is 0 Å². The van der Waals surface area contributed by atoms with Gasteiger partial charge in [-0.3, -0.25) is 0 Å². The molecule has 162 valence electrons. The Morgan fingerprint density at radius 1 is 0.600 bits per heavy atom. The number of carbonyl (C=O) groups is 2. The topological polar surface area (TPSA) is 83.8 Å². The van der Waals surface area contributed by atoms with E-state index < -0.39 is 87.0 Å². The van der Waals surface area contributed by atoms with Crippen LogP contribution in [0.3, 0.4) is 0 Å². The number of carboxylic acid groups (broad SMARTS) is 2. The average molecular weight is 452 g/mol. The molecule has 0 saturated carbocycles. The van der Waals surface area contributed by atoms with Crippen LogP contribution in [0, 0.1) is 40.7 Å². The molecule has 0 aromatic heterocycles. The second-order valence-corrected chi connectivity index (χ2v) is 5.19. The minimum absolute atomic E-state index is 2.18. The fraction of sp³-hybridized carbons (Fsp3) is 0.0667. The Kier molecular flexibility index (Phi) is 5.60. The molecule has 0 amide bonds. The van der Waals surface area contributed by atoms with Crippen LogP contribution in [0.2, 0.25) is 0 Å². The van der Waals surface area contributed by atoms with E-state index in [4.69, 9.17) is 10.2 Å². The maximum atomic E-state index is 14.0. The Morgan fingerprint density at radius 3 is 1.37 bits per heavy atom. The van der Waals surface area contributed by atoms with Crippen molar-refractivity contribution in [1.82, 2.24) is 0 Å². The van der Waals surface area contributed by atoms with Crippen molar-refractivity contribution in [2.45, 2.75) is 6.18 Å². The summed E-state index contributed by atoms with van der Waals surface area (Å²) in [6.07, 6.45) is -5.97. The molecule has 2 N–H and O–H groups in total. The van der Waals surface area contributed by atoms with Crippen molar-refractivity contribution in [3.63, 3.8) is 0 Å². The summed E-state index contributed by atoms with van der Waals surface area (Å²) in [6, 6.07) is 0. The number of carboxylic acids is 2. The van der Waals surface area contributed by atoms with Crippen LogP contribution in [0.4, 0.5) is 43.9 Å². The Balaban J connectivity index is 2.88. The number of hydrogen-bond donors (Lipinski definition) is 2. The van der Waals surface area contributed by atoms with Crippen LogP contribution in [0.25, 0.3) is 0 Å². The molecule has 0 bridgehead atoms. The molecule has 2 rings (SSSR count). The third-order valence-corrected chi connectivity index (χ3v) is 3.42. The quantitative estimate of drug-likeness (QED) is 0.511. The SMILES string of the molecule is O=C(O)c1c(F)c(F)c(Oc2c(F)c(F)c(C(F)(F)F)c(F)c2F)c(C(=O)O)c1F. The zero-order valence-electron chi connectivity index (χ0n) is 13.4. The van der Waals surface area contributed by atoms with Gasteiger partial charge >= 0.3 is 18.1 Å². The van der Waals surface area contributed by atoms with Gasteiger partial charge < -0.3 is 14.9 Å². The highest BCUT2D eigenvalue weighted by molar-refractivity contribution is 5.97. The normalized spacial score (nSPS) is 11.5. The highest BCUT2D eigenvalue weighted by atomic mass is 19.4. The summed E-state index contributed by atoms with van der Waals surface area (Å²) in [7, 11) is 0. The number of alkyl halides is 3. The van der Waals surface area contributed by atoms with Gasteiger partial charge in [-0.25, -0.2) is 27.2 Å². The van der Waals surface area contributed by atoms with Crippen LogP contribution in [0.15, 0.2) is 0 Å². The summed E-state index contributed by atoms with van der Waals surface area (Å²) in [5, 5.41) is 17.5. The molecule has 0 spiro atoms. The van der Waals surface area contributed by atoms with Crippen molar-refractivity contribution in [2.75, 3.05) is 0 Å². The Morgan fingerprint density at radius 2 is 1.00 bits per heavy atom. The van der Waals surface area contributed by atoms with E-state index in [-0.39, 0.29) is 0 Å². The monoisotopic (exact) mass is 452 g/mol. The maximum Gasteiger partial charge on any atom is 0.422 e. The molecule has 0 radical (unpaired) electrons. The maximum absolute atomic E-state index is 14.0. The first kappa shape index (κ1) is 22.8. The van der Waals surface area contributed by atoms with E-state index in [2.05, 4.69) is 4.74 Å². The van der Waals surface area contributed by atoms with E-state index in [0.29, 0.717) is 0 Å². The minimum atomic E-state index is -5.97. The first-order chi connectivity index (χ1) is 13.6. The summed E-state index contributed by atoms with van der Waals surface area (Å²) >= 11 is 0. The fourth-order valence-corrected chi connectivity index (χ4v) is 2.17. The molecule has 2 aromatic carbocycles. The molecule has 0 unspecified atom stereocenters. The molecular formula is C15H2F10O5. The Labute approximate surface area is 156 Å². The summed E-state index contributed by atoms with van der Waals surface area (Å²) in [5.41, 5.74) is -7.43. The van der Waals surface area contributed by atoms with Gasteiger partial charge in [0.05, 0.1) is 0 Å². The molecule has 0 heterocycles. The van der Waals surface area contributed by atoms with Gasteiger partial charge in [-0.1, -0.05) is 0 Å². The summed E-state index contributed by atoms with van der Waals surface area (Å²) in [6.45, 7) is 0. The Bertz CT molecular complexity index is 1060. The first-order valence-corrected chi connectivity index (χ1v) is 6.90. The second-order valence-electron chi connectivity index (χ2n) is 5.19. The van der Waals surface area contributed by atoms with E-state index >= 15 is 0 Å². The van der Waals surface area contributed by atoms with E-state index in [1.54, 1.807) is 0 Å². The third-order valence-electron chi connectivity index (χ3n) is 3.42. The second kappa shape index (κ2) is 7.38. The predicted molar refractivity (Wildman–Crippen MR) is 71.6 cm³/mol. The molecule has 2 aromatic rings. The lowest BCUT2D eigenvalue weighted by Crippen LogP contribution is -2.18. The van der Waals surface area contributed by atoms with E-state index in [9.17, 15) is 53.5 Å². The minimum Gasteiger partial charge on any atom is -0.477 e. The number of halogens is 10.